The van der Waals surface area contributed by atoms with Crippen LogP contribution in [0.1, 0.15) is 33.3 Å². The average molecular weight is 241 g/mol. The van der Waals surface area contributed by atoms with E-state index in [4.69, 9.17) is 17.3 Å². The van der Waals surface area contributed by atoms with Crippen molar-refractivity contribution in [2.24, 2.45) is 5.41 Å². The van der Waals surface area contributed by atoms with Crippen molar-refractivity contribution < 1.29 is 0 Å². The van der Waals surface area contributed by atoms with Gasteiger partial charge in [-0.3, -0.25) is 0 Å². The molecule has 0 aliphatic heterocycles. The quantitative estimate of drug-likeness (QED) is 0.765. The second-order valence-electron chi connectivity index (χ2n) is 5.42. The molecule has 0 spiro atoms. The maximum absolute atomic E-state index is 6.02. The second-order valence-corrected chi connectivity index (χ2v) is 5.83. The Hall–Kier alpha value is -0.890. The fraction of sp³-hybridized carbons (Fsp3) is 0.538. The first-order valence-electron chi connectivity index (χ1n) is 5.54. The molecule has 0 aliphatic rings. The lowest BCUT2D eigenvalue weighted by Crippen LogP contribution is -2.31. The molecule has 0 saturated carbocycles. The summed E-state index contributed by atoms with van der Waals surface area (Å²) in [5.74, 6) is 0. The zero-order chi connectivity index (χ0) is 12.5. The Balaban J connectivity index is 2.94. The molecule has 1 atom stereocenters. The number of benzene rings is 1. The van der Waals surface area contributed by atoms with E-state index in [9.17, 15) is 0 Å². The molecule has 90 valence electrons. The summed E-state index contributed by atoms with van der Waals surface area (Å²) in [4.78, 5) is 0. The van der Waals surface area contributed by atoms with Gasteiger partial charge in [0.2, 0.25) is 0 Å². The van der Waals surface area contributed by atoms with Gasteiger partial charge in [-0.1, -0.05) is 32.4 Å². The van der Waals surface area contributed by atoms with Crippen LogP contribution in [0.2, 0.25) is 5.02 Å². The van der Waals surface area contributed by atoms with Gasteiger partial charge in [-0.15, -0.1) is 0 Å². The molecule has 3 heteroatoms. The summed E-state index contributed by atoms with van der Waals surface area (Å²) in [6.07, 6.45) is 0. The molecule has 1 rings (SSSR count). The maximum Gasteiger partial charge on any atom is 0.0656 e. The SMILES string of the molecule is Cc1cc(N)c(Cl)cc1NC(C)C(C)(C)C. The number of hydrogen-bond acceptors (Lipinski definition) is 2. The summed E-state index contributed by atoms with van der Waals surface area (Å²) in [6, 6.07) is 4.17. The van der Waals surface area contributed by atoms with Gasteiger partial charge in [0.25, 0.3) is 0 Å². The fourth-order valence-corrected chi connectivity index (χ4v) is 1.47. The van der Waals surface area contributed by atoms with E-state index in [0.29, 0.717) is 16.8 Å². The highest BCUT2D eigenvalue weighted by Gasteiger charge is 2.20. The van der Waals surface area contributed by atoms with Crippen LogP contribution in [0.3, 0.4) is 0 Å². The molecule has 1 aromatic rings. The number of hydrogen-bond donors (Lipinski definition) is 2. The molecule has 0 saturated heterocycles. The van der Waals surface area contributed by atoms with Gasteiger partial charge in [-0.05, 0) is 37.0 Å². The Labute approximate surface area is 103 Å². The normalized spacial score (nSPS) is 13.6. The molecule has 0 aromatic heterocycles. The lowest BCUT2D eigenvalue weighted by Gasteiger charge is -2.29. The molecule has 0 radical (unpaired) electrons. The first-order valence-corrected chi connectivity index (χ1v) is 5.92. The lowest BCUT2D eigenvalue weighted by molar-refractivity contribution is 0.359. The summed E-state index contributed by atoms with van der Waals surface area (Å²) in [7, 11) is 0. The molecule has 2 nitrogen and oxygen atoms in total. The Bertz CT molecular complexity index is 380. The summed E-state index contributed by atoms with van der Waals surface area (Å²) in [5.41, 5.74) is 8.77. The van der Waals surface area contributed by atoms with Crippen molar-refractivity contribution in [3.8, 4) is 0 Å². The summed E-state index contributed by atoms with van der Waals surface area (Å²) in [6.45, 7) is 10.8. The standard InChI is InChI=1S/C13H21ClN2/c1-8-6-11(15)10(14)7-12(8)16-9(2)13(3,4)5/h6-7,9,16H,15H2,1-5H3. The van der Waals surface area contributed by atoms with Crippen molar-refractivity contribution >= 4 is 23.0 Å². The highest BCUT2D eigenvalue weighted by Crippen LogP contribution is 2.29. The van der Waals surface area contributed by atoms with Gasteiger partial charge >= 0.3 is 0 Å². The minimum absolute atomic E-state index is 0.209. The Morgan fingerprint density at radius 3 is 2.38 bits per heavy atom. The highest BCUT2D eigenvalue weighted by molar-refractivity contribution is 6.33. The largest absolute Gasteiger partial charge is 0.398 e. The topological polar surface area (TPSA) is 38.0 Å². The van der Waals surface area contributed by atoms with E-state index in [1.165, 1.54) is 0 Å². The lowest BCUT2D eigenvalue weighted by atomic mass is 9.88. The molecule has 16 heavy (non-hydrogen) atoms. The van der Waals surface area contributed by atoms with Crippen LogP contribution in [0.4, 0.5) is 11.4 Å². The van der Waals surface area contributed by atoms with E-state index in [-0.39, 0.29) is 5.41 Å². The van der Waals surface area contributed by atoms with Gasteiger partial charge in [-0.2, -0.15) is 0 Å². The predicted molar refractivity (Wildman–Crippen MR) is 73.1 cm³/mol. The molecule has 0 heterocycles. The third kappa shape index (κ3) is 3.05. The van der Waals surface area contributed by atoms with Crippen LogP contribution in [0.5, 0.6) is 0 Å². The first kappa shape index (κ1) is 13.2. The fourth-order valence-electron chi connectivity index (χ4n) is 1.31. The molecule has 1 unspecified atom stereocenters. The number of nitrogens with two attached hydrogens (primary N) is 1. The van der Waals surface area contributed by atoms with Crippen LogP contribution in [0, 0.1) is 12.3 Å². The van der Waals surface area contributed by atoms with Crippen molar-refractivity contribution in [1.82, 2.24) is 0 Å². The van der Waals surface area contributed by atoms with Gasteiger partial charge in [0.15, 0.2) is 0 Å². The highest BCUT2D eigenvalue weighted by atomic mass is 35.5. The van der Waals surface area contributed by atoms with Gasteiger partial charge in [-0.25, -0.2) is 0 Å². The Morgan fingerprint density at radius 2 is 1.88 bits per heavy atom. The third-order valence-electron chi connectivity index (χ3n) is 3.01. The molecular formula is C13H21ClN2. The van der Waals surface area contributed by atoms with Crippen molar-refractivity contribution in [3.63, 3.8) is 0 Å². The maximum atomic E-state index is 6.02. The molecule has 0 aliphatic carbocycles. The van der Waals surface area contributed by atoms with E-state index >= 15 is 0 Å². The van der Waals surface area contributed by atoms with E-state index in [1.54, 1.807) is 0 Å². The molecule has 3 N–H and O–H groups in total. The minimum Gasteiger partial charge on any atom is -0.398 e. The van der Waals surface area contributed by atoms with Crippen LogP contribution in [0.25, 0.3) is 0 Å². The van der Waals surface area contributed by atoms with Crippen LogP contribution < -0.4 is 11.1 Å². The number of rotatable bonds is 2. The van der Waals surface area contributed by atoms with Crippen LogP contribution in [-0.4, -0.2) is 6.04 Å². The first-order chi connectivity index (χ1) is 7.21. The average Bonchev–Trinajstić information content (AvgIpc) is 2.12. The molecular weight excluding hydrogens is 220 g/mol. The van der Waals surface area contributed by atoms with E-state index < -0.39 is 0 Å². The summed E-state index contributed by atoms with van der Waals surface area (Å²) >= 11 is 6.02. The molecule has 0 bridgehead atoms. The Morgan fingerprint density at radius 1 is 1.31 bits per heavy atom. The van der Waals surface area contributed by atoms with Crippen molar-refractivity contribution in [3.05, 3.63) is 22.7 Å². The number of halogens is 1. The molecule has 0 amide bonds. The number of nitrogen functional groups attached to an aromatic ring is 1. The van der Waals surface area contributed by atoms with Crippen molar-refractivity contribution in [2.75, 3.05) is 11.1 Å². The monoisotopic (exact) mass is 240 g/mol. The summed E-state index contributed by atoms with van der Waals surface area (Å²) in [5, 5.41) is 4.08. The predicted octanol–water partition coefficient (Wildman–Crippen LogP) is 4.08. The Kier molecular flexibility index (Phi) is 3.74. The third-order valence-corrected chi connectivity index (χ3v) is 3.34. The summed E-state index contributed by atoms with van der Waals surface area (Å²) < 4.78 is 0. The zero-order valence-electron chi connectivity index (χ0n) is 10.7. The van der Waals surface area contributed by atoms with Gasteiger partial charge in [0.1, 0.15) is 0 Å². The van der Waals surface area contributed by atoms with Crippen LogP contribution in [0.15, 0.2) is 12.1 Å². The van der Waals surface area contributed by atoms with E-state index in [0.717, 1.165) is 11.3 Å². The molecule has 0 fully saturated rings. The van der Waals surface area contributed by atoms with Crippen LogP contribution in [-0.2, 0) is 0 Å². The molecule has 1 aromatic carbocycles. The van der Waals surface area contributed by atoms with E-state index in [1.807, 2.05) is 19.1 Å². The number of anilines is 2. The smallest absolute Gasteiger partial charge is 0.0656 e. The minimum atomic E-state index is 0.209. The number of nitrogens with one attached hydrogen (secondary N) is 1. The zero-order valence-corrected chi connectivity index (χ0v) is 11.4. The van der Waals surface area contributed by atoms with Crippen LogP contribution >= 0.6 is 11.6 Å². The van der Waals surface area contributed by atoms with Gasteiger partial charge < -0.3 is 11.1 Å². The van der Waals surface area contributed by atoms with Gasteiger partial charge in [0.05, 0.1) is 10.7 Å². The van der Waals surface area contributed by atoms with E-state index in [2.05, 4.69) is 33.0 Å². The number of aryl methyl sites for hydroxylation is 1. The van der Waals surface area contributed by atoms with Crippen molar-refractivity contribution in [1.29, 1.82) is 0 Å². The second kappa shape index (κ2) is 4.54. The van der Waals surface area contributed by atoms with Gasteiger partial charge in [0, 0.05) is 11.7 Å². The van der Waals surface area contributed by atoms with Crippen molar-refractivity contribution in [2.45, 2.75) is 40.7 Å².